The zero-order valence-electron chi connectivity index (χ0n) is 18.5. The first-order valence-electron chi connectivity index (χ1n) is 10.3. The lowest BCUT2D eigenvalue weighted by atomic mass is 10.0. The zero-order valence-corrected chi connectivity index (χ0v) is 18.5. The third-order valence-electron chi connectivity index (χ3n) is 5.15. The summed E-state index contributed by atoms with van der Waals surface area (Å²) in [7, 11) is 0. The number of aryl methyl sites for hydroxylation is 3. The van der Waals surface area contributed by atoms with Gasteiger partial charge >= 0.3 is 6.03 Å². The van der Waals surface area contributed by atoms with E-state index in [1.54, 1.807) is 0 Å². The number of amides is 2. The molecular formula is C23H33N5O. The van der Waals surface area contributed by atoms with Gasteiger partial charge in [-0.15, -0.1) is 0 Å². The molecule has 0 saturated carbocycles. The molecule has 1 fully saturated rings. The fourth-order valence-corrected chi connectivity index (χ4v) is 3.62. The average Bonchev–Trinajstić information content (AvgIpc) is 2.64. The first-order chi connectivity index (χ1) is 13.6. The first kappa shape index (κ1) is 21.1. The molecule has 2 amide bonds. The predicted octanol–water partition coefficient (Wildman–Crippen LogP) is 3.62. The van der Waals surface area contributed by atoms with Gasteiger partial charge in [-0.2, -0.15) is 0 Å². The predicted molar refractivity (Wildman–Crippen MR) is 118 cm³/mol. The van der Waals surface area contributed by atoms with E-state index in [0.29, 0.717) is 13.1 Å². The van der Waals surface area contributed by atoms with Crippen LogP contribution in [0.15, 0.2) is 24.3 Å². The van der Waals surface area contributed by atoms with Crippen molar-refractivity contribution in [2.75, 3.05) is 31.1 Å². The highest BCUT2D eigenvalue weighted by molar-refractivity contribution is 5.75. The van der Waals surface area contributed by atoms with Crippen LogP contribution >= 0.6 is 0 Å². The maximum atomic E-state index is 12.5. The van der Waals surface area contributed by atoms with Gasteiger partial charge in [0.1, 0.15) is 11.6 Å². The molecule has 0 aliphatic carbocycles. The van der Waals surface area contributed by atoms with Gasteiger partial charge in [-0.3, -0.25) is 0 Å². The maximum absolute atomic E-state index is 12.5. The lowest BCUT2D eigenvalue weighted by molar-refractivity contribution is 0.185. The standard InChI is InChI=1S/C23H33N5O/c1-16-7-9-19(10-8-16)15-20-17(2)24-18(3)25-21(20)27-11-13-28(14-12-27)22(29)26-23(4,5)6/h7-10H,11-15H2,1-6H3,(H,26,29). The number of carbonyl (C=O) groups excluding carboxylic acids is 1. The molecule has 156 valence electrons. The van der Waals surface area contributed by atoms with Crippen LogP contribution in [-0.4, -0.2) is 52.6 Å². The van der Waals surface area contributed by atoms with E-state index in [0.717, 1.165) is 36.8 Å². The summed E-state index contributed by atoms with van der Waals surface area (Å²) >= 11 is 0. The van der Waals surface area contributed by atoms with Crippen molar-refractivity contribution in [1.29, 1.82) is 0 Å². The van der Waals surface area contributed by atoms with Gasteiger partial charge in [0.25, 0.3) is 0 Å². The lowest BCUT2D eigenvalue weighted by Gasteiger charge is -2.37. The molecule has 0 spiro atoms. The molecule has 0 radical (unpaired) electrons. The van der Waals surface area contributed by atoms with Crippen LogP contribution in [0.1, 0.15) is 49.0 Å². The summed E-state index contributed by atoms with van der Waals surface area (Å²) in [5, 5.41) is 3.05. The Morgan fingerprint density at radius 2 is 1.62 bits per heavy atom. The number of hydrogen-bond acceptors (Lipinski definition) is 4. The Bertz CT molecular complexity index is 862. The Morgan fingerprint density at radius 1 is 1.00 bits per heavy atom. The second kappa shape index (κ2) is 8.39. The van der Waals surface area contributed by atoms with Gasteiger partial charge in [0.2, 0.25) is 0 Å². The summed E-state index contributed by atoms with van der Waals surface area (Å²) in [6, 6.07) is 8.64. The minimum Gasteiger partial charge on any atom is -0.353 e. The molecule has 1 aromatic carbocycles. The second-order valence-electron chi connectivity index (χ2n) is 8.98. The van der Waals surface area contributed by atoms with E-state index in [-0.39, 0.29) is 11.6 Å². The molecule has 3 rings (SSSR count). The van der Waals surface area contributed by atoms with E-state index in [2.05, 4.69) is 53.3 Å². The topological polar surface area (TPSA) is 61.4 Å². The molecule has 2 heterocycles. The van der Waals surface area contributed by atoms with Crippen LogP contribution in [0, 0.1) is 20.8 Å². The van der Waals surface area contributed by atoms with Crippen LogP contribution in [0.5, 0.6) is 0 Å². The molecule has 1 saturated heterocycles. The summed E-state index contributed by atoms with van der Waals surface area (Å²) in [6.45, 7) is 15.0. The molecule has 2 aromatic rings. The van der Waals surface area contributed by atoms with Gasteiger partial charge in [-0.25, -0.2) is 14.8 Å². The van der Waals surface area contributed by atoms with Crippen molar-refractivity contribution in [3.05, 3.63) is 52.5 Å². The van der Waals surface area contributed by atoms with Gasteiger partial charge in [0.05, 0.1) is 0 Å². The molecule has 1 N–H and O–H groups in total. The largest absolute Gasteiger partial charge is 0.353 e. The van der Waals surface area contributed by atoms with E-state index >= 15 is 0 Å². The fourth-order valence-electron chi connectivity index (χ4n) is 3.62. The third kappa shape index (κ3) is 5.46. The minimum absolute atomic E-state index is 0.00655. The molecule has 1 aliphatic rings. The average molecular weight is 396 g/mol. The molecule has 6 nitrogen and oxygen atoms in total. The molecule has 0 unspecified atom stereocenters. The Kier molecular flexibility index (Phi) is 6.10. The SMILES string of the molecule is Cc1ccc(Cc2c(C)nc(C)nc2N2CCN(C(=O)NC(C)(C)C)CC2)cc1. The number of urea groups is 1. The van der Waals surface area contributed by atoms with Crippen LogP contribution in [0.25, 0.3) is 0 Å². The monoisotopic (exact) mass is 395 g/mol. The summed E-state index contributed by atoms with van der Waals surface area (Å²) in [4.78, 5) is 26.1. The quantitative estimate of drug-likeness (QED) is 0.862. The molecule has 1 aliphatic heterocycles. The highest BCUT2D eigenvalue weighted by Crippen LogP contribution is 2.25. The molecule has 1 aromatic heterocycles. The molecule has 0 atom stereocenters. The van der Waals surface area contributed by atoms with Crippen molar-refractivity contribution >= 4 is 11.8 Å². The van der Waals surface area contributed by atoms with Gasteiger partial charge < -0.3 is 15.1 Å². The molecule has 29 heavy (non-hydrogen) atoms. The van der Waals surface area contributed by atoms with Crippen LogP contribution in [0.3, 0.4) is 0 Å². The molecule has 6 heteroatoms. The smallest absolute Gasteiger partial charge is 0.317 e. The number of nitrogens with zero attached hydrogens (tertiary/aromatic N) is 4. The number of piperazine rings is 1. The van der Waals surface area contributed by atoms with Crippen LogP contribution < -0.4 is 10.2 Å². The normalized spacial score (nSPS) is 14.8. The summed E-state index contributed by atoms with van der Waals surface area (Å²) in [5.41, 5.74) is 4.50. The Hall–Kier alpha value is -2.63. The summed E-state index contributed by atoms with van der Waals surface area (Å²) < 4.78 is 0. The minimum atomic E-state index is -0.226. The number of nitrogens with one attached hydrogen (secondary N) is 1. The van der Waals surface area contributed by atoms with E-state index < -0.39 is 0 Å². The van der Waals surface area contributed by atoms with Crippen LogP contribution in [-0.2, 0) is 6.42 Å². The second-order valence-corrected chi connectivity index (χ2v) is 8.98. The highest BCUT2D eigenvalue weighted by Gasteiger charge is 2.26. The highest BCUT2D eigenvalue weighted by atomic mass is 16.2. The molecular weight excluding hydrogens is 362 g/mol. The maximum Gasteiger partial charge on any atom is 0.317 e. The van der Waals surface area contributed by atoms with Gasteiger partial charge in [-0.1, -0.05) is 29.8 Å². The number of rotatable bonds is 3. The Labute approximate surface area is 174 Å². The number of aromatic nitrogens is 2. The Balaban J connectivity index is 1.77. The number of carbonyl (C=O) groups is 1. The van der Waals surface area contributed by atoms with E-state index in [4.69, 9.17) is 4.98 Å². The van der Waals surface area contributed by atoms with Gasteiger partial charge in [-0.05, 0) is 47.1 Å². The number of anilines is 1. The zero-order chi connectivity index (χ0) is 21.2. The molecule has 0 bridgehead atoms. The van der Waals surface area contributed by atoms with E-state index in [9.17, 15) is 4.79 Å². The summed E-state index contributed by atoms with van der Waals surface area (Å²) in [6.07, 6.45) is 0.812. The van der Waals surface area contributed by atoms with Crippen molar-refractivity contribution in [2.45, 2.75) is 53.5 Å². The van der Waals surface area contributed by atoms with Crippen molar-refractivity contribution in [1.82, 2.24) is 20.2 Å². The van der Waals surface area contributed by atoms with Crippen molar-refractivity contribution < 1.29 is 4.79 Å². The van der Waals surface area contributed by atoms with E-state index in [1.807, 2.05) is 32.6 Å². The lowest BCUT2D eigenvalue weighted by Crippen LogP contribution is -2.55. The number of hydrogen-bond donors (Lipinski definition) is 1. The van der Waals surface area contributed by atoms with E-state index in [1.165, 1.54) is 16.7 Å². The van der Waals surface area contributed by atoms with Crippen molar-refractivity contribution in [2.24, 2.45) is 0 Å². The van der Waals surface area contributed by atoms with Crippen molar-refractivity contribution in [3.8, 4) is 0 Å². The first-order valence-corrected chi connectivity index (χ1v) is 10.3. The van der Waals surface area contributed by atoms with Gasteiger partial charge in [0.15, 0.2) is 0 Å². The Morgan fingerprint density at radius 3 is 2.21 bits per heavy atom. The third-order valence-corrected chi connectivity index (χ3v) is 5.15. The fraction of sp³-hybridized carbons (Fsp3) is 0.522. The summed E-state index contributed by atoms with van der Waals surface area (Å²) in [5.74, 6) is 1.80. The van der Waals surface area contributed by atoms with Crippen LogP contribution in [0.2, 0.25) is 0 Å². The number of benzene rings is 1. The van der Waals surface area contributed by atoms with Gasteiger partial charge in [0, 0.05) is 49.4 Å². The van der Waals surface area contributed by atoms with Crippen LogP contribution in [0.4, 0.5) is 10.6 Å². The van der Waals surface area contributed by atoms with Crippen molar-refractivity contribution in [3.63, 3.8) is 0 Å².